The Morgan fingerprint density at radius 2 is 2.00 bits per heavy atom. The molecule has 1 aromatic carbocycles. The van der Waals surface area contributed by atoms with Crippen LogP contribution < -0.4 is 0 Å². The molecule has 1 aromatic rings. The summed E-state index contributed by atoms with van der Waals surface area (Å²) in [6, 6.07) is 9.14. The lowest BCUT2D eigenvalue weighted by Gasteiger charge is -2.19. The molecule has 1 aliphatic heterocycles. The molecule has 1 saturated heterocycles. The normalized spacial score (nSPS) is 24.3. The smallest absolute Gasteiger partial charge is 0.106 e. The maximum absolute atomic E-state index is 9.35. The first-order chi connectivity index (χ1) is 7.63. The summed E-state index contributed by atoms with van der Waals surface area (Å²) < 4.78 is -0.153. The van der Waals surface area contributed by atoms with Crippen molar-refractivity contribution < 1.29 is 0 Å². The van der Waals surface area contributed by atoms with E-state index >= 15 is 0 Å². The molecule has 1 nitrogen and oxygen atoms in total. The summed E-state index contributed by atoms with van der Waals surface area (Å²) in [6.07, 6.45) is 3.13. The first-order valence-corrected chi connectivity index (χ1v) is 6.74. The molecular formula is C14H17NS. The van der Waals surface area contributed by atoms with Crippen molar-refractivity contribution in [2.24, 2.45) is 0 Å². The predicted octanol–water partition coefficient (Wildman–Crippen LogP) is 3.64. The molecule has 84 valence electrons. The van der Waals surface area contributed by atoms with Crippen molar-refractivity contribution in [3.05, 3.63) is 34.9 Å². The second-order valence-electron chi connectivity index (χ2n) is 4.73. The lowest BCUT2D eigenvalue weighted by Crippen LogP contribution is -2.21. The zero-order valence-electron chi connectivity index (χ0n) is 9.92. The summed E-state index contributed by atoms with van der Waals surface area (Å²) in [7, 11) is 0. The van der Waals surface area contributed by atoms with E-state index in [4.69, 9.17) is 0 Å². The Labute approximate surface area is 102 Å². The van der Waals surface area contributed by atoms with E-state index < -0.39 is 0 Å². The first-order valence-electron chi connectivity index (χ1n) is 5.76. The van der Waals surface area contributed by atoms with Gasteiger partial charge in [-0.25, -0.2) is 0 Å². The molecule has 0 bridgehead atoms. The number of aryl methyl sites for hydroxylation is 2. The monoisotopic (exact) mass is 231 g/mol. The Hall–Kier alpha value is -0.940. The molecular weight excluding hydrogens is 214 g/mol. The Morgan fingerprint density at radius 1 is 1.31 bits per heavy atom. The molecule has 0 amide bonds. The van der Waals surface area contributed by atoms with E-state index in [0.29, 0.717) is 0 Å². The molecule has 1 aliphatic rings. The molecule has 1 atom stereocenters. The molecule has 16 heavy (non-hydrogen) atoms. The van der Waals surface area contributed by atoms with E-state index in [1.807, 2.05) is 11.8 Å². The highest BCUT2D eigenvalue weighted by atomic mass is 32.2. The fourth-order valence-corrected chi connectivity index (χ4v) is 3.77. The molecule has 2 rings (SSSR count). The summed E-state index contributed by atoms with van der Waals surface area (Å²) in [5, 5.41) is 9.35. The third-order valence-corrected chi connectivity index (χ3v) is 4.56. The van der Waals surface area contributed by atoms with E-state index in [-0.39, 0.29) is 4.75 Å². The van der Waals surface area contributed by atoms with Gasteiger partial charge in [-0.15, -0.1) is 11.8 Å². The minimum Gasteiger partial charge on any atom is -0.197 e. The highest BCUT2D eigenvalue weighted by molar-refractivity contribution is 8.01. The van der Waals surface area contributed by atoms with Crippen molar-refractivity contribution in [3.63, 3.8) is 0 Å². The third-order valence-electron chi connectivity index (χ3n) is 3.08. The molecule has 0 saturated carbocycles. The van der Waals surface area contributed by atoms with Crippen LogP contribution in [0.1, 0.15) is 29.5 Å². The zero-order chi connectivity index (χ0) is 11.6. The average molecular weight is 231 g/mol. The molecule has 1 unspecified atom stereocenters. The predicted molar refractivity (Wildman–Crippen MR) is 69.7 cm³/mol. The first kappa shape index (κ1) is 11.5. The van der Waals surface area contributed by atoms with Gasteiger partial charge in [0.15, 0.2) is 0 Å². The number of benzene rings is 1. The van der Waals surface area contributed by atoms with Crippen LogP contribution in [0.15, 0.2) is 18.2 Å². The Bertz CT molecular complexity index is 405. The van der Waals surface area contributed by atoms with Gasteiger partial charge in [-0.2, -0.15) is 5.26 Å². The average Bonchev–Trinajstić information content (AvgIpc) is 2.65. The van der Waals surface area contributed by atoms with Gasteiger partial charge in [0, 0.05) is 6.42 Å². The SMILES string of the molecule is Cc1cc(C)cc(CC2(C#N)CCCS2)c1. The van der Waals surface area contributed by atoms with Gasteiger partial charge in [0.05, 0.1) is 6.07 Å². The van der Waals surface area contributed by atoms with Crippen molar-refractivity contribution >= 4 is 11.8 Å². The number of nitrogens with zero attached hydrogens (tertiary/aromatic N) is 1. The van der Waals surface area contributed by atoms with Crippen LogP contribution in [0.25, 0.3) is 0 Å². The fourth-order valence-electron chi connectivity index (χ4n) is 2.47. The van der Waals surface area contributed by atoms with Crippen molar-refractivity contribution in [2.45, 2.75) is 37.9 Å². The van der Waals surface area contributed by atoms with Crippen LogP contribution in [-0.4, -0.2) is 10.5 Å². The number of nitriles is 1. The van der Waals surface area contributed by atoms with Gasteiger partial charge >= 0.3 is 0 Å². The summed E-state index contributed by atoms with van der Waals surface area (Å²) in [5.41, 5.74) is 3.91. The van der Waals surface area contributed by atoms with Crippen LogP contribution >= 0.6 is 11.8 Å². The highest BCUT2D eigenvalue weighted by Gasteiger charge is 2.34. The maximum atomic E-state index is 9.35. The van der Waals surface area contributed by atoms with Crippen molar-refractivity contribution in [1.82, 2.24) is 0 Å². The van der Waals surface area contributed by atoms with E-state index in [1.54, 1.807) is 0 Å². The topological polar surface area (TPSA) is 23.8 Å². The van der Waals surface area contributed by atoms with Crippen LogP contribution in [0.5, 0.6) is 0 Å². The molecule has 0 aromatic heterocycles. The molecule has 0 radical (unpaired) electrons. The zero-order valence-corrected chi connectivity index (χ0v) is 10.7. The molecule has 0 aliphatic carbocycles. The summed E-state index contributed by atoms with van der Waals surface area (Å²) in [5.74, 6) is 1.14. The van der Waals surface area contributed by atoms with Gasteiger partial charge in [0.25, 0.3) is 0 Å². The second-order valence-corrected chi connectivity index (χ2v) is 6.21. The van der Waals surface area contributed by atoms with Crippen LogP contribution in [-0.2, 0) is 6.42 Å². The molecule has 1 heterocycles. The summed E-state index contributed by atoms with van der Waals surface area (Å²) in [6.45, 7) is 4.24. The lowest BCUT2D eigenvalue weighted by molar-refractivity contribution is 0.671. The molecule has 0 N–H and O–H groups in total. The number of hydrogen-bond acceptors (Lipinski definition) is 2. The quantitative estimate of drug-likeness (QED) is 0.776. The lowest BCUT2D eigenvalue weighted by atomic mass is 9.94. The highest BCUT2D eigenvalue weighted by Crippen LogP contribution is 2.40. The minimum absolute atomic E-state index is 0.153. The Kier molecular flexibility index (Phi) is 3.25. The molecule has 0 spiro atoms. The van der Waals surface area contributed by atoms with E-state index in [2.05, 4.69) is 38.1 Å². The second kappa shape index (κ2) is 4.51. The maximum Gasteiger partial charge on any atom is 0.106 e. The van der Waals surface area contributed by atoms with Gasteiger partial charge < -0.3 is 0 Å². The van der Waals surface area contributed by atoms with E-state index in [1.165, 1.54) is 23.1 Å². The number of hydrogen-bond donors (Lipinski definition) is 0. The molecule has 1 fully saturated rings. The van der Waals surface area contributed by atoms with Crippen LogP contribution in [0.4, 0.5) is 0 Å². The van der Waals surface area contributed by atoms with E-state index in [0.717, 1.165) is 18.6 Å². The van der Waals surface area contributed by atoms with Crippen LogP contribution in [0.3, 0.4) is 0 Å². The van der Waals surface area contributed by atoms with Gasteiger partial charge in [0.2, 0.25) is 0 Å². The van der Waals surface area contributed by atoms with Crippen molar-refractivity contribution in [2.75, 3.05) is 5.75 Å². The van der Waals surface area contributed by atoms with Crippen molar-refractivity contribution in [1.29, 1.82) is 5.26 Å². The largest absolute Gasteiger partial charge is 0.197 e. The van der Waals surface area contributed by atoms with Gasteiger partial charge in [-0.3, -0.25) is 0 Å². The van der Waals surface area contributed by atoms with Crippen molar-refractivity contribution in [3.8, 4) is 6.07 Å². The molecule has 2 heteroatoms. The third kappa shape index (κ3) is 2.41. The van der Waals surface area contributed by atoms with E-state index in [9.17, 15) is 5.26 Å². The minimum atomic E-state index is -0.153. The van der Waals surface area contributed by atoms with Crippen LogP contribution in [0, 0.1) is 25.2 Å². The standard InChI is InChI=1S/C14H17NS/c1-11-6-12(2)8-13(7-11)9-14(10-15)4-3-5-16-14/h6-8H,3-5,9H2,1-2H3. The van der Waals surface area contributed by atoms with Gasteiger partial charge in [-0.05, 0) is 38.0 Å². The Morgan fingerprint density at radius 3 is 2.50 bits per heavy atom. The Balaban J connectivity index is 2.23. The summed E-state index contributed by atoms with van der Waals surface area (Å²) >= 11 is 1.84. The van der Waals surface area contributed by atoms with Crippen LogP contribution in [0.2, 0.25) is 0 Å². The summed E-state index contributed by atoms with van der Waals surface area (Å²) in [4.78, 5) is 0. The fraction of sp³-hybridized carbons (Fsp3) is 0.500. The van der Waals surface area contributed by atoms with Gasteiger partial charge in [0.1, 0.15) is 4.75 Å². The van der Waals surface area contributed by atoms with Gasteiger partial charge in [-0.1, -0.05) is 29.3 Å². The number of thioether (sulfide) groups is 1. The number of rotatable bonds is 2.